The van der Waals surface area contributed by atoms with Crippen molar-refractivity contribution in [3.05, 3.63) is 89.1 Å². The largest absolute Gasteiger partial charge is 0.360 e. The zero-order valence-electron chi connectivity index (χ0n) is 16.5. The van der Waals surface area contributed by atoms with Crippen LogP contribution in [0.2, 0.25) is 5.02 Å². The highest BCUT2D eigenvalue weighted by atomic mass is 35.5. The van der Waals surface area contributed by atoms with Crippen LogP contribution in [0.3, 0.4) is 0 Å². The molecule has 0 fully saturated rings. The number of nitrogens with one attached hydrogen (secondary N) is 2. The van der Waals surface area contributed by atoms with Gasteiger partial charge in [0.1, 0.15) is 22.8 Å². The van der Waals surface area contributed by atoms with Crippen molar-refractivity contribution in [1.29, 1.82) is 0 Å². The second kappa shape index (κ2) is 7.74. The van der Waals surface area contributed by atoms with Crippen LogP contribution in [0.15, 0.2) is 77.3 Å². The summed E-state index contributed by atoms with van der Waals surface area (Å²) in [5.41, 5.74) is 4.67. The SMILES string of the molecule is Cc1onc(-c2ccccc2Cl)c1C(=O)Nc1ccc2nc(-c3ccccc3)[nH]c2c1. The second-order valence-electron chi connectivity index (χ2n) is 7.08. The third kappa shape index (κ3) is 3.58. The van der Waals surface area contributed by atoms with Gasteiger partial charge >= 0.3 is 0 Å². The van der Waals surface area contributed by atoms with E-state index in [1.165, 1.54) is 0 Å². The number of carbonyl (C=O) groups excluding carboxylic acids is 1. The summed E-state index contributed by atoms with van der Waals surface area (Å²) in [5.74, 6) is 0.868. The molecule has 0 aliphatic rings. The number of aromatic amines is 1. The minimum atomic E-state index is -0.323. The van der Waals surface area contributed by atoms with Crippen molar-refractivity contribution in [3.8, 4) is 22.6 Å². The van der Waals surface area contributed by atoms with Gasteiger partial charge < -0.3 is 14.8 Å². The lowest BCUT2D eigenvalue weighted by molar-refractivity contribution is 0.102. The van der Waals surface area contributed by atoms with Crippen LogP contribution >= 0.6 is 11.6 Å². The molecule has 0 radical (unpaired) electrons. The van der Waals surface area contributed by atoms with Crippen LogP contribution in [0.25, 0.3) is 33.7 Å². The van der Waals surface area contributed by atoms with Crippen molar-refractivity contribution < 1.29 is 9.32 Å². The van der Waals surface area contributed by atoms with Crippen molar-refractivity contribution >= 4 is 34.2 Å². The average Bonchev–Trinajstić information content (AvgIpc) is 3.38. The molecular weight excluding hydrogens is 412 g/mol. The Labute approximate surface area is 182 Å². The van der Waals surface area contributed by atoms with E-state index >= 15 is 0 Å². The Bertz CT molecular complexity index is 1410. The monoisotopic (exact) mass is 428 g/mol. The highest BCUT2D eigenvalue weighted by molar-refractivity contribution is 6.33. The number of nitrogens with zero attached hydrogens (tertiary/aromatic N) is 2. The summed E-state index contributed by atoms with van der Waals surface area (Å²) in [6.07, 6.45) is 0. The van der Waals surface area contributed by atoms with Crippen LogP contribution in [-0.4, -0.2) is 21.0 Å². The molecule has 0 unspecified atom stereocenters. The first-order valence-electron chi connectivity index (χ1n) is 9.68. The molecule has 1 amide bonds. The number of benzene rings is 3. The van der Waals surface area contributed by atoms with Gasteiger partial charge in [-0.05, 0) is 31.2 Å². The molecule has 152 valence electrons. The van der Waals surface area contributed by atoms with E-state index in [0.717, 1.165) is 22.4 Å². The van der Waals surface area contributed by atoms with Crippen LogP contribution < -0.4 is 5.32 Å². The number of hydrogen-bond donors (Lipinski definition) is 2. The Kier molecular flexibility index (Phi) is 4.76. The lowest BCUT2D eigenvalue weighted by atomic mass is 10.1. The Hall–Kier alpha value is -3.90. The maximum atomic E-state index is 13.1. The van der Waals surface area contributed by atoms with Crippen molar-refractivity contribution in [3.63, 3.8) is 0 Å². The van der Waals surface area contributed by atoms with Gasteiger partial charge in [-0.15, -0.1) is 0 Å². The van der Waals surface area contributed by atoms with Gasteiger partial charge in [0.15, 0.2) is 0 Å². The molecule has 2 heterocycles. The fourth-order valence-corrected chi connectivity index (χ4v) is 3.72. The van der Waals surface area contributed by atoms with Gasteiger partial charge in [0.2, 0.25) is 0 Å². The lowest BCUT2D eigenvalue weighted by Gasteiger charge is -2.07. The number of aryl methyl sites for hydroxylation is 1. The molecule has 0 saturated heterocycles. The smallest absolute Gasteiger partial charge is 0.261 e. The summed E-state index contributed by atoms with van der Waals surface area (Å²) >= 11 is 6.30. The van der Waals surface area contributed by atoms with E-state index in [-0.39, 0.29) is 5.91 Å². The third-order valence-corrected chi connectivity index (χ3v) is 5.34. The van der Waals surface area contributed by atoms with Crippen molar-refractivity contribution in [2.75, 3.05) is 5.32 Å². The Morgan fingerprint density at radius 3 is 2.61 bits per heavy atom. The van der Waals surface area contributed by atoms with Crippen LogP contribution in [0.5, 0.6) is 0 Å². The van der Waals surface area contributed by atoms with E-state index < -0.39 is 0 Å². The number of imidazole rings is 1. The fourth-order valence-electron chi connectivity index (χ4n) is 3.49. The molecule has 5 aromatic rings. The lowest BCUT2D eigenvalue weighted by Crippen LogP contribution is -2.13. The number of anilines is 1. The quantitative estimate of drug-likeness (QED) is 0.362. The van der Waals surface area contributed by atoms with E-state index in [1.807, 2.05) is 60.7 Å². The number of fused-ring (bicyclic) bond motifs is 1. The second-order valence-corrected chi connectivity index (χ2v) is 7.49. The molecule has 0 saturated carbocycles. The van der Waals surface area contributed by atoms with E-state index in [2.05, 4.69) is 20.4 Å². The number of carbonyl (C=O) groups is 1. The van der Waals surface area contributed by atoms with Gasteiger partial charge in [0.25, 0.3) is 5.91 Å². The highest BCUT2D eigenvalue weighted by Gasteiger charge is 2.23. The Morgan fingerprint density at radius 1 is 1.03 bits per heavy atom. The normalized spacial score (nSPS) is 11.0. The van der Waals surface area contributed by atoms with Gasteiger partial charge in [-0.1, -0.05) is 65.3 Å². The van der Waals surface area contributed by atoms with Gasteiger partial charge in [-0.3, -0.25) is 4.79 Å². The summed E-state index contributed by atoms with van der Waals surface area (Å²) < 4.78 is 5.30. The maximum absolute atomic E-state index is 13.1. The third-order valence-electron chi connectivity index (χ3n) is 5.01. The van der Waals surface area contributed by atoms with E-state index in [1.54, 1.807) is 19.1 Å². The molecular formula is C24H17ClN4O2. The summed E-state index contributed by atoms with van der Waals surface area (Å²) in [6.45, 7) is 1.70. The van der Waals surface area contributed by atoms with Gasteiger partial charge in [-0.25, -0.2) is 4.98 Å². The molecule has 0 atom stereocenters. The molecule has 31 heavy (non-hydrogen) atoms. The van der Waals surface area contributed by atoms with Crippen LogP contribution in [0.1, 0.15) is 16.1 Å². The average molecular weight is 429 g/mol. The zero-order chi connectivity index (χ0) is 21.4. The molecule has 7 heteroatoms. The summed E-state index contributed by atoms with van der Waals surface area (Å²) in [6, 6.07) is 22.6. The first-order chi connectivity index (χ1) is 15.1. The topological polar surface area (TPSA) is 83.8 Å². The zero-order valence-corrected chi connectivity index (χ0v) is 17.3. The summed E-state index contributed by atoms with van der Waals surface area (Å²) in [5, 5.41) is 7.48. The van der Waals surface area contributed by atoms with Crippen molar-refractivity contribution in [2.24, 2.45) is 0 Å². The first-order valence-corrected chi connectivity index (χ1v) is 10.1. The molecule has 2 aromatic heterocycles. The van der Waals surface area contributed by atoms with Crippen LogP contribution in [-0.2, 0) is 0 Å². The van der Waals surface area contributed by atoms with Crippen molar-refractivity contribution in [1.82, 2.24) is 15.1 Å². The summed E-state index contributed by atoms with van der Waals surface area (Å²) in [4.78, 5) is 21.0. The number of halogens is 1. The van der Waals surface area contributed by atoms with Gasteiger partial charge in [0, 0.05) is 16.8 Å². The van der Waals surface area contributed by atoms with Crippen LogP contribution in [0, 0.1) is 6.92 Å². The minimum absolute atomic E-state index is 0.323. The molecule has 0 bridgehead atoms. The summed E-state index contributed by atoms with van der Waals surface area (Å²) in [7, 11) is 0. The maximum Gasteiger partial charge on any atom is 0.261 e. The van der Waals surface area contributed by atoms with Gasteiger partial charge in [-0.2, -0.15) is 0 Å². The first kappa shape index (κ1) is 19.1. The highest BCUT2D eigenvalue weighted by Crippen LogP contribution is 2.31. The van der Waals surface area contributed by atoms with E-state index in [9.17, 15) is 4.79 Å². The molecule has 6 nitrogen and oxygen atoms in total. The van der Waals surface area contributed by atoms with Crippen molar-refractivity contribution in [2.45, 2.75) is 6.92 Å². The predicted molar refractivity (Wildman–Crippen MR) is 121 cm³/mol. The number of amides is 1. The number of rotatable bonds is 4. The number of H-pyrrole nitrogens is 1. The van der Waals surface area contributed by atoms with E-state index in [0.29, 0.717) is 33.3 Å². The number of hydrogen-bond acceptors (Lipinski definition) is 4. The van der Waals surface area contributed by atoms with Crippen LogP contribution in [0.4, 0.5) is 5.69 Å². The molecule has 0 spiro atoms. The minimum Gasteiger partial charge on any atom is -0.360 e. The predicted octanol–water partition coefficient (Wildman–Crippen LogP) is 6.10. The Morgan fingerprint density at radius 2 is 1.81 bits per heavy atom. The fraction of sp³-hybridized carbons (Fsp3) is 0.0417. The standard InChI is InChI=1S/C24H17ClN4O2/c1-14-21(22(29-31-14)17-9-5-6-10-18(17)25)24(30)26-16-11-12-19-20(13-16)28-23(27-19)15-7-3-2-4-8-15/h2-13H,1H3,(H,26,30)(H,27,28). The molecule has 0 aliphatic carbocycles. The molecule has 2 N–H and O–H groups in total. The van der Waals surface area contributed by atoms with E-state index in [4.69, 9.17) is 16.1 Å². The molecule has 0 aliphatic heterocycles. The molecule has 5 rings (SSSR count). The number of aromatic nitrogens is 3. The Balaban J connectivity index is 1.46. The van der Waals surface area contributed by atoms with Gasteiger partial charge in [0.05, 0.1) is 16.1 Å². The molecule has 3 aromatic carbocycles.